The number of aryl methyl sites for hydroxylation is 2. The minimum Gasteiger partial charge on any atom is -0.354 e. The van der Waals surface area contributed by atoms with Gasteiger partial charge in [-0.15, -0.1) is 0 Å². The highest BCUT2D eigenvalue weighted by Gasteiger charge is 2.22. The highest BCUT2D eigenvalue weighted by molar-refractivity contribution is 5.95. The molecule has 1 aliphatic rings. The first-order valence-electron chi connectivity index (χ1n) is 7.69. The summed E-state index contributed by atoms with van der Waals surface area (Å²) in [7, 11) is 1.83. The summed E-state index contributed by atoms with van der Waals surface area (Å²) in [6.07, 6.45) is 4.08. The molecule has 0 radical (unpaired) electrons. The Bertz CT molecular complexity index is 754. The van der Waals surface area contributed by atoms with Crippen LogP contribution >= 0.6 is 0 Å². The molecule has 1 atom stereocenters. The van der Waals surface area contributed by atoms with Gasteiger partial charge in [-0.3, -0.25) is 9.48 Å². The number of rotatable bonds is 2. The first-order valence-corrected chi connectivity index (χ1v) is 7.69. The van der Waals surface area contributed by atoms with Crippen LogP contribution in [-0.4, -0.2) is 39.3 Å². The van der Waals surface area contributed by atoms with Crippen LogP contribution in [0.15, 0.2) is 12.3 Å². The first-order chi connectivity index (χ1) is 11.0. The number of carbonyl (C=O) groups excluding carboxylic acids is 2. The van der Waals surface area contributed by atoms with E-state index in [1.54, 1.807) is 10.9 Å². The van der Waals surface area contributed by atoms with Gasteiger partial charge in [-0.1, -0.05) is 0 Å². The summed E-state index contributed by atoms with van der Waals surface area (Å²) in [5.74, 6) is -0.130. The zero-order valence-electron chi connectivity index (χ0n) is 13.2. The lowest BCUT2D eigenvalue weighted by molar-refractivity contribution is -0.122. The number of amides is 3. The predicted octanol–water partition coefficient (Wildman–Crippen LogP) is 1.07. The third-order valence-electron chi connectivity index (χ3n) is 3.96. The van der Waals surface area contributed by atoms with Crippen LogP contribution in [0, 0.1) is 6.92 Å². The maximum absolute atomic E-state index is 12.1. The van der Waals surface area contributed by atoms with Gasteiger partial charge >= 0.3 is 6.03 Å². The largest absolute Gasteiger partial charge is 0.354 e. The van der Waals surface area contributed by atoms with Gasteiger partial charge in [-0.2, -0.15) is 5.10 Å². The van der Waals surface area contributed by atoms with Crippen LogP contribution in [0.3, 0.4) is 0 Å². The summed E-state index contributed by atoms with van der Waals surface area (Å²) in [6, 6.07) is 0.932. The zero-order valence-corrected chi connectivity index (χ0v) is 13.2. The molecule has 0 aliphatic carbocycles. The molecule has 8 nitrogen and oxygen atoms in total. The number of aromatic nitrogens is 3. The molecule has 1 aliphatic heterocycles. The Hall–Kier alpha value is -2.64. The van der Waals surface area contributed by atoms with Crippen LogP contribution in [0.1, 0.15) is 25.0 Å². The second-order valence-electron chi connectivity index (χ2n) is 5.74. The van der Waals surface area contributed by atoms with Crippen molar-refractivity contribution in [3.05, 3.63) is 18.0 Å². The molecule has 0 bridgehead atoms. The zero-order chi connectivity index (χ0) is 16.4. The number of pyridine rings is 1. The molecule has 23 heavy (non-hydrogen) atoms. The Labute approximate surface area is 133 Å². The molecule has 3 N–H and O–H groups in total. The van der Waals surface area contributed by atoms with E-state index in [1.165, 1.54) is 0 Å². The molecule has 3 rings (SSSR count). The third-order valence-corrected chi connectivity index (χ3v) is 3.96. The normalized spacial score (nSPS) is 18.3. The number of hydrogen-bond donors (Lipinski definition) is 3. The topological polar surface area (TPSA) is 101 Å². The molecule has 0 saturated carbocycles. The smallest absolute Gasteiger partial charge is 0.319 e. The van der Waals surface area contributed by atoms with E-state index in [0.717, 1.165) is 29.6 Å². The number of fused-ring (bicyclic) bond motifs is 1. The van der Waals surface area contributed by atoms with E-state index in [-0.39, 0.29) is 5.91 Å². The second-order valence-corrected chi connectivity index (χ2v) is 5.74. The SMILES string of the molecule is Cc1nn(C)c2ncc(NC(=O)N[C@@H]3CCCCNC3=O)cc12. The average Bonchev–Trinajstić information content (AvgIpc) is 2.67. The Balaban J connectivity index is 1.70. The molecule has 2 aromatic heterocycles. The Morgan fingerprint density at radius 2 is 2.26 bits per heavy atom. The molecule has 122 valence electrons. The van der Waals surface area contributed by atoms with Gasteiger partial charge in [-0.05, 0) is 32.3 Å². The predicted molar refractivity (Wildman–Crippen MR) is 86.0 cm³/mol. The van der Waals surface area contributed by atoms with E-state index in [2.05, 4.69) is 26.0 Å². The second kappa shape index (κ2) is 6.23. The number of anilines is 1. The van der Waals surface area contributed by atoms with Crippen LogP contribution in [0.4, 0.5) is 10.5 Å². The number of urea groups is 1. The lowest BCUT2D eigenvalue weighted by Gasteiger charge is -2.15. The maximum Gasteiger partial charge on any atom is 0.319 e. The van der Waals surface area contributed by atoms with E-state index in [4.69, 9.17) is 0 Å². The number of nitrogens with zero attached hydrogens (tertiary/aromatic N) is 3. The van der Waals surface area contributed by atoms with Gasteiger partial charge in [0, 0.05) is 19.0 Å². The summed E-state index contributed by atoms with van der Waals surface area (Å²) < 4.78 is 1.70. The van der Waals surface area contributed by atoms with E-state index < -0.39 is 12.1 Å². The van der Waals surface area contributed by atoms with Crippen LogP contribution in [-0.2, 0) is 11.8 Å². The van der Waals surface area contributed by atoms with E-state index in [1.807, 2.05) is 20.0 Å². The lowest BCUT2D eigenvalue weighted by atomic mass is 10.1. The summed E-state index contributed by atoms with van der Waals surface area (Å²) in [5, 5.41) is 13.4. The minimum absolute atomic E-state index is 0.130. The molecular formula is C15H20N6O2. The van der Waals surface area contributed by atoms with E-state index in [9.17, 15) is 9.59 Å². The standard InChI is InChI=1S/C15H20N6O2/c1-9-11-7-10(8-17-13(11)21(2)20-9)18-15(23)19-12-5-3-4-6-16-14(12)22/h7-8,12H,3-6H2,1-2H3,(H,16,22)(H2,18,19,23)/t12-/m1/s1. The van der Waals surface area contributed by atoms with Crippen LogP contribution in [0.5, 0.6) is 0 Å². The minimum atomic E-state index is -0.491. The van der Waals surface area contributed by atoms with Gasteiger partial charge in [0.2, 0.25) is 5.91 Å². The third kappa shape index (κ3) is 3.25. The van der Waals surface area contributed by atoms with Gasteiger partial charge in [0.05, 0.1) is 17.6 Å². The van der Waals surface area contributed by atoms with Crippen molar-refractivity contribution in [3.63, 3.8) is 0 Å². The number of nitrogens with one attached hydrogen (secondary N) is 3. The highest BCUT2D eigenvalue weighted by Crippen LogP contribution is 2.19. The summed E-state index contributed by atoms with van der Waals surface area (Å²) >= 11 is 0. The quantitative estimate of drug-likeness (QED) is 0.771. The average molecular weight is 316 g/mol. The van der Waals surface area contributed by atoms with Crippen LogP contribution in [0.25, 0.3) is 11.0 Å². The molecule has 0 unspecified atom stereocenters. The van der Waals surface area contributed by atoms with Crippen molar-refractivity contribution < 1.29 is 9.59 Å². The van der Waals surface area contributed by atoms with E-state index in [0.29, 0.717) is 18.7 Å². The molecule has 3 amide bonds. The van der Waals surface area contributed by atoms with Gasteiger partial charge in [-0.25, -0.2) is 9.78 Å². The van der Waals surface area contributed by atoms with Gasteiger partial charge in [0.15, 0.2) is 5.65 Å². The van der Waals surface area contributed by atoms with Crippen LogP contribution < -0.4 is 16.0 Å². The monoisotopic (exact) mass is 316 g/mol. The maximum atomic E-state index is 12.1. The van der Waals surface area contributed by atoms with Crippen molar-refractivity contribution in [1.82, 2.24) is 25.4 Å². The van der Waals surface area contributed by atoms with Gasteiger partial charge < -0.3 is 16.0 Å². The summed E-state index contributed by atoms with van der Waals surface area (Å²) in [4.78, 5) is 28.3. The van der Waals surface area contributed by atoms with Crippen molar-refractivity contribution >= 4 is 28.7 Å². The fraction of sp³-hybridized carbons (Fsp3) is 0.467. The molecule has 8 heteroatoms. The van der Waals surface area contributed by atoms with Crippen molar-refractivity contribution in [2.24, 2.45) is 7.05 Å². The Morgan fingerprint density at radius 3 is 3.09 bits per heavy atom. The highest BCUT2D eigenvalue weighted by atomic mass is 16.2. The molecule has 3 heterocycles. The Kier molecular flexibility index (Phi) is 4.14. The van der Waals surface area contributed by atoms with Crippen molar-refractivity contribution in [2.75, 3.05) is 11.9 Å². The van der Waals surface area contributed by atoms with Gasteiger partial charge in [0.25, 0.3) is 0 Å². The van der Waals surface area contributed by atoms with Gasteiger partial charge in [0.1, 0.15) is 6.04 Å². The molecule has 0 aromatic carbocycles. The number of hydrogen-bond acceptors (Lipinski definition) is 4. The lowest BCUT2D eigenvalue weighted by Crippen LogP contribution is -2.47. The molecule has 2 aromatic rings. The van der Waals surface area contributed by atoms with Crippen LogP contribution in [0.2, 0.25) is 0 Å². The van der Waals surface area contributed by atoms with Crippen molar-refractivity contribution in [2.45, 2.75) is 32.2 Å². The molecule has 1 fully saturated rings. The fourth-order valence-electron chi connectivity index (χ4n) is 2.78. The molecule has 1 saturated heterocycles. The molecular weight excluding hydrogens is 296 g/mol. The number of carbonyl (C=O) groups is 2. The van der Waals surface area contributed by atoms with E-state index >= 15 is 0 Å². The first kappa shape index (κ1) is 15.3. The fourth-order valence-corrected chi connectivity index (χ4v) is 2.78. The van der Waals surface area contributed by atoms with Crippen molar-refractivity contribution in [3.8, 4) is 0 Å². The summed E-state index contributed by atoms with van der Waals surface area (Å²) in [6.45, 7) is 2.56. The van der Waals surface area contributed by atoms with Crippen molar-refractivity contribution in [1.29, 1.82) is 0 Å². The summed E-state index contributed by atoms with van der Waals surface area (Å²) in [5.41, 5.74) is 2.18. The molecule has 0 spiro atoms. The Morgan fingerprint density at radius 1 is 1.43 bits per heavy atom.